The third-order valence-electron chi connectivity index (χ3n) is 4.90. The van der Waals surface area contributed by atoms with Crippen LogP contribution in [0.25, 0.3) is 0 Å². The van der Waals surface area contributed by atoms with Crippen molar-refractivity contribution in [1.82, 2.24) is 5.32 Å². The second-order valence-electron chi connectivity index (χ2n) is 7.12. The molecule has 30 heavy (non-hydrogen) atoms. The first-order valence-electron chi connectivity index (χ1n) is 10.2. The predicted octanol–water partition coefficient (Wildman–Crippen LogP) is 2.76. The summed E-state index contributed by atoms with van der Waals surface area (Å²) in [5.74, 6) is -0.270. The molecule has 2 aromatic carbocycles. The SMILES string of the molecule is CC[NH+](CC(=O)Nc1ccccc1C(=O)NCCc1ccccc1)Cc1cccs1. The summed E-state index contributed by atoms with van der Waals surface area (Å²) in [5, 5.41) is 7.93. The van der Waals surface area contributed by atoms with E-state index in [-0.39, 0.29) is 11.8 Å². The Morgan fingerprint density at radius 3 is 2.47 bits per heavy atom. The topological polar surface area (TPSA) is 62.6 Å². The Kier molecular flexibility index (Phi) is 8.18. The summed E-state index contributed by atoms with van der Waals surface area (Å²) in [6.45, 7) is 4.65. The van der Waals surface area contributed by atoms with Gasteiger partial charge in [-0.05, 0) is 42.5 Å². The molecule has 1 heterocycles. The van der Waals surface area contributed by atoms with Gasteiger partial charge < -0.3 is 15.5 Å². The summed E-state index contributed by atoms with van der Waals surface area (Å²) in [4.78, 5) is 27.7. The van der Waals surface area contributed by atoms with Crippen molar-refractivity contribution in [2.75, 3.05) is 25.0 Å². The van der Waals surface area contributed by atoms with Crippen molar-refractivity contribution in [3.05, 3.63) is 88.1 Å². The van der Waals surface area contributed by atoms with Gasteiger partial charge in [0.25, 0.3) is 11.8 Å². The molecule has 0 saturated heterocycles. The molecule has 0 aliphatic heterocycles. The van der Waals surface area contributed by atoms with Crippen LogP contribution in [-0.4, -0.2) is 31.4 Å². The van der Waals surface area contributed by atoms with Gasteiger partial charge in [0.05, 0.1) is 22.7 Å². The third-order valence-corrected chi connectivity index (χ3v) is 5.78. The van der Waals surface area contributed by atoms with Gasteiger partial charge in [-0.25, -0.2) is 0 Å². The van der Waals surface area contributed by atoms with Crippen molar-refractivity contribution in [2.24, 2.45) is 0 Å². The summed E-state index contributed by atoms with van der Waals surface area (Å²) in [7, 11) is 0. The maximum Gasteiger partial charge on any atom is 0.279 e. The molecule has 3 N–H and O–H groups in total. The number of amides is 2. The van der Waals surface area contributed by atoms with Crippen LogP contribution in [0.2, 0.25) is 0 Å². The molecule has 1 unspecified atom stereocenters. The molecule has 1 atom stereocenters. The molecule has 3 aromatic rings. The normalized spacial score (nSPS) is 11.6. The predicted molar refractivity (Wildman–Crippen MR) is 122 cm³/mol. The van der Waals surface area contributed by atoms with E-state index in [1.807, 2.05) is 48.5 Å². The molecule has 2 amide bonds. The quantitative estimate of drug-likeness (QED) is 0.471. The van der Waals surface area contributed by atoms with E-state index in [0.717, 1.165) is 19.5 Å². The van der Waals surface area contributed by atoms with E-state index in [9.17, 15) is 9.59 Å². The number of benzene rings is 2. The standard InChI is InChI=1S/C24H27N3O2S/c1-2-27(17-20-11-8-16-30-20)18-23(28)26-22-13-7-6-12-21(22)24(29)25-15-14-19-9-4-3-5-10-19/h3-13,16H,2,14-15,17-18H2,1H3,(H,25,29)(H,26,28)/p+1. The van der Waals surface area contributed by atoms with Crippen molar-refractivity contribution < 1.29 is 14.5 Å². The van der Waals surface area contributed by atoms with E-state index in [1.165, 1.54) is 15.3 Å². The van der Waals surface area contributed by atoms with E-state index in [1.54, 1.807) is 23.5 Å². The van der Waals surface area contributed by atoms with Gasteiger partial charge in [0.2, 0.25) is 0 Å². The fourth-order valence-electron chi connectivity index (χ4n) is 3.24. The monoisotopic (exact) mass is 422 g/mol. The number of para-hydroxylation sites is 1. The molecule has 3 rings (SSSR count). The number of likely N-dealkylation sites (N-methyl/N-ethyl adjacent to an activating group) is 1. The van der Waals surface area contributed by atoms with Crippen molar-refractivity contribution in [2.45, 2.75) is 19.9 Å². The van der Waals surface area contributed by atoms with Crippen LogP contribution >= 0.6 is 11.3 Å². The molecule has 0 aliphatic rings. The number of hydrogen-bond acceptors (Lipinski definition) is 3. The maximum atomic E-state index is 12.7. The number of hydrogen-bond donors (Lipinski definition) is 3. The maximum absolute atomic E-state index is 12.7. The summed E-state index contributed by atoms with van der Waals surface area (Å²) in [6.07, 6.45) is 0.763. The summed E-state index contributed by atoms with van der Waals surface area (Å²) < 4.78 is 0. The average Bonchev–Trinajstić information content (AvgIpc) is 3.27. The fraction of sp³-hybridized carbons (Fsp3) is 0.250. The molecule has 156 valence electrons. The largest absolute Gasteiger partial charge is 0.352 e. The first kappa shape index (κ1) is 21.7. The molecule has 0 radical (unpaired) electrons. The Morgan fingerprint density at radius 2 is 1.73 bits per heavy atom. The van der Waals surface area contributed by atoms with Crippen LogP contribution in [0, 0.1) is 0 Å². The highest BCUT2D eigenvalue weighted by atomic mass is 32.1. The Labute approximate surface area is 181 Å². The Bertz CT molecular complexity index is 942. The zero-order valence-corrected chi connectivity index (χ0v) is 18.0. The lowest BCUT2D eigenvalue weighted by atomic mass is 10.1. The van der Waals surface area contributed by atoms with E-state index in [4.69, 9.17) is 0 Å². The fourth-order valence-corrected chi connectivity index (χ4v) is 4.02. The number of anilines is 1. The van der Waals surface area contributed by atoms with Crippen molar-refractivity contribution in [3.8, 4) is 0 Å². The van der Waals surface area contributed by atoms with Crippen LogP contribution in [0.3, 0.4) is 0 Å². The number of quaternary nitrogens is 1. The Hall–Kier alpha value is -2.96. The summed E-state index contributed by atoms with van der Waals surface area (Å²) >= 11 is 1.70. The van der Waals surface area contributed by atoms with Crippen LogP contribution in [0.15, 0.2) is 72.1 Å². The highest BCUT2D eigenvalue weighted by Gasteiger charge is 2.17. The zero-order valence-electron chi connectivity index (χ0n) is 17.2. The highest BCUT2D eigenvalue weighted by Crippen LogP contribution is 2.15. The van der Waals surface area contributed by atoms with Gasteiger partial charge in [-0.15, -0.1) is 11.3 Å². The number of thiophene rings is 1. The minimum Gasteiger partial charge on any atom is -0.352 e. The van der Waals surface area contributed by atoms with Gasteiger partial charge in [-0.2, -0.15) is 0 Å². The van der Waals surface area contributed by atoms with Gasteiger partial charge in [-0.3, -0.25) is 9.59 Å². The van der Waals surface area contributed by atoms with Crippen LogP contribution < -0.4 is 15.5 Å². The van der Waals surface area contributed by atoms with Crippen molar-refractivity contribution in [1.29, 1.82) is 0 Å². The lowest BCUT2D eigenvalue weighted by Crippen LogP contribution is -3.11. The molecule has 0 aliphatic carbocycles. The first-order chi connectivity index (χ1) is 14.7. The van der Waals surface area contributed by atoms with Crippen LogP contribution in [0.1, 0.15) is 27.7 Å². The Morgan fingerprint density at radius 1 is 0.967 bits per heavy atom. The second-order valence-corrected chi connectivity index (χ2v) is 8.15. The average molecular weight is 423 g/mol. The van der Waals surface area contributed by atoms with Crippen molar-refractivity contribution >= 4 is 28.8 Å². The first-order valence-corrected chi connectivity index (χ1v) is 11.1. The van der Waals surface area contributed by atoms with Gasteiger partial charge >= 0.3 is 0 Å². The van der Waals surface area contributed by atoms with Crippen LogP contribution in [0.5, 0.6) is 0 Å². The van der Waals surface area contributed by atoms with E-state index < -0.39 is 0 Å². The van der Waals surface area contributed by atoms with E-state index in [0.29, 0.717) is 24.3 Å². The van der Waals surface area contributed by atoms with Gasteiger partial charge in [0, 0.05) is 6.54 Å². The number of carbonyl (C=O) groups is 2. The number of rotatable bonds is 10. The summed E-state index contributed by atoms with van der Waals surface area (Å²) in [5.41, 5.74) is 2.20. The van der Waals surface area contributed by atoms with Gasteiger partial charge in [0.15, 0.2) is 6.54 Å². The molecule has 5 nitrogen and oxygen atoms in total. The lowest BCUT2D eigenvalue weighted by Gasteiger charge is -2.17. The molecule has 6 heteroatoms. The Balaban J connectivity index is 1.55. The van der Waals surface area contributed by atoms with Crippen LogP contribution in [-0.2, 0) is 17.8 Å². The van der Waals surface area contributed by atoms with Crippen LogP contribution in [0.4, 0.5) is 5.69 Å². The minimum absolute atomic E-state index is 0.0899. The second kappa shape index (κ2) is 11.3. The summed E-state index contributed by atoms with van der Waals surface area (Å²) in [6, 6.07) is 21.3. The molecular formula is C24H28N3O2S+. The molecule has 1 aromatic heterocycles. The molecule has 0 spiro atoms. The molecule has 0 bridgehead atoms. The highest BCUT2D eigenvalue weighted by molar-refractivity contribution is 7.09. The minimum atomic E-state index is -0.180. The number of carbonyl (C=O) groups excluding carboxylic acids is 2. The smallest absolute Gasteiger partial charge is 0.279 e. The van der Waals surface area contributed by atoms with E-state index in [2.05, 4.69) is 29.0 Å². The van der Waals surface area contributed by atoms with Gasteiger partial charge in [-0.1, -0.05) is 48.5 Å². The zero-order chi connectivity index (χ0) is 21.2. The lowest BCUT2D eigenvalue weighted by molar-refractivity contribution is -0.903. The van der Waals surface area contributed by atoms with Crippen molar-refractivity contribution in [3.63, 3.8) is 0 Å². The van der Waals surface area contributed by atoms with Gasteiger partial charge in [0.1, 0.15) is 6.54 Å². The third kappa shape index (κ3) is 6.54. The molecular weight excluding hydrogens is 394 g/mol. The molecule has 0 fully saturated rings. The van der Waals surface area contributed by atoms with E-state index >= 15 is 0 Å². The molecule has 0 saturated carbocycles. The number of nitrogens with one attached hydrogen (secondary N) is 3.